The molecule has 11 nitrogen and oxygen atoms in total. The normalized spacial score (nSPS) is 10.4. The van der Waals surface area contributed by atoms with Gasteiger partial charge in [0, 0.05) is 36.9 Å². The van der Waals surface area contributed by atoms with Crippen LogP contribution in [0.3, 0.4) is 0 Å². The van der Waals surface area contributed by atoms with Crippen molar-refractivity contribution in [3.05, 3.63) is 68.5 Å². The van der Waals surface area contributed by atoms with Gasteiger partial charge in [0.2, 0.25) is 5.82 Å². The fourth-order valence-corrected chi connectivity index (χ4v) is 2.67. The third kappa shape index (κ3) is 6.15. The number of hydrogen-bond donors (Lipinski definition) is 2. The Bertz CT molecular complexity index is 1140. The van der Waals surface area contributed by atoms with Crippen LogP contribution in [-0.2, 0) is 4.79 Å². The van der Waals surface area contributed by atoms with E-state index in [1.54, 1.807) is 12.1 Å². The number of ether oxygens (including phenoxy) is 1. The van der Waals surface area contributed by atoms with Crippen LogP contribution in [0, 0.1) is 10.1 Å². The Morgan fingerprint density at radius 1 is 1.06 bits per heavy atom. The molecule has 3 aromatic rings. The Morgan fingerprint density at radius 3 is 2.47 bits per heavy atom. The number of aromatic nitrogens is 2. The molecule has 0 saturated heterocycles. The molecule has 0 bridgehead atoms. The van der Waals surface area contributed by atoms with Gasteiger partial charge in [-0.15, -0.1) is 0 Å². The first-order valence-corrected chi connectivity index (χ1v) is 9.80. The van der Waals surface area contributed by atoms with Crippen molar-refractivity contribution in [2.45, 2.75) is 0 Å². The van der Waals surface area contributed by atoms with Crippen LogP contribution < -0.4 is 15.4 Å². The van der Waals surface area contributed by atoms with Gasteiger partial charge < -0.3 is 19.9 Å². The van der Waals surface area contributed by atoms with Crippen LogP contribution in [0.1, 0.15) is 10.7 Å². The van der Waals surface area contributed by atoms with Gasteiger partial charge in [0.25, 0.3) is 11.6 Å². The maximum absolute atomic E-state index is 12.1. The number of amides is 2. The number of halogens is 2. The number of carbonyl (C=O) groups excluding carboxylic acids is 2. The van der Waals surface area contributed by atoms with E-state index in [4.69, 9.17) is 32.5 Å². The Balaban J connectivity index is 1.40. The monoisotopic (exact) mass is 479 g/mol. The lowest BCUT2D eigenvalue weighted by Crippen LogP contribution is -2.36. The minimum atomic E-state index is -0.632. The summed E-state index contributed by atoms with van der Waals surface area (Å²) in [4.78, 5) is 38.0. The van der Waals surface area contributed by atoms with Gasteiger partial charge in [-0.1, -0.05) is 28.4 Å². The fourth-order valence-electron chi connectivity index (χ4n) is 2.39. The molecule has 1 heterocycles. The van der Waals surface area contributed by atoms with Crippen LogP contribution in [0.2, 0.25) is 10.0 Å². The largest absolute Gasteiger partial charge is 0.484 e. The second kappa shape index (κ2) is 10.6. The van der Waals surface area contributed by atoms with Gasteiger partial charge in [-0.3, -0.25) is 19.7 Å². The van der Waals surface area contributed by atoms with Crippen molar-refractivity contribution in [3.63, 3.8) is 0 Å². The minimum Gasteiger partial charge on any atom is -0.484 e. The number of nitro groups is 1. The molecule has 2 N–H and O–H groups in total. The zero-order valence-electron chi connectivity index (χ0n) is 16.2. The topological polar surface area (TPSA) is 149 Å². The van der Waals surface area contributed by atoms with Crippen molar-refractivity contribution in [3.8, 4) is 17.1 Å². The van der Waals surface area contributed by atoms with Crippen LogP contribution in [-0.4, -0.2) is 46.6 Å². The highest BCUT2D eigenvalue weighted by Crippen LogP contribution is 2.26. The number of non-ortho nitro benzene ring substituents is 1. The lowest BCUT2D eigenvalue weighted by Gasteiger charge is -2.08. The number of rotatable bonds is 9. The summed E-state index contributed by atoms with van der Waals surface area (Å²) >= 11 is 11.7. The Morgan fingerprint density at radius 2 is 1.78 bits per heavy atom. The number of nitrogens with zero attached hydrogens (tertiary/aromatic N) is 3. The van der Waals surface area contributed by atoms with Crippen molar-refractivity contribution < 1.29 is 23.8 Å². The first-order chi connectivity index (χ1) is 15.3. The van der Waals surface area contributed by atoms with E-state index >= 15 is 0 Å². The lowest BCUT2D eigenvalue weighted by atomic mass is 10.2. The second-order valence-corrected chi connectivity index (χ2v) is 7.01. The molecule has 3 rings (SSSR count). The third-order valence-electron chi connectivity index (χ3n) is 3.95. The van der Waals surface area contributed by atoms with Gasteiger partial charge in [-0.2, -0.15) is 4.98 Å². The quantitative estimate of drug-likeness (QED) is 0.270. The van der Waals surface area contributed by atoms with E-state index in [1.165, 1.54) is 30.3 Å². The summed E-state index contributed by atoms with van der Waals surface area (Å²) in [6, 6.07) is 10.1. The average Bonchev–Trinajstić information content (AvgIpc) is 3.28. The number of carbonyl (C=O) groups is 2. The lowest BCUT2D eigenvalue weighted by molar-refractivity contribution is -0.384. The van der Waals surface area contributed by atoms with Gasteiger partial charge in [0.05, 0.1) is 15.0 Å². The summed E-state index contributed by atoms with van der Waals surface area (Å²) in [5.41, 5.74) is 0.368. The molecule has 0 saturated carbocycles. The van der Waals surface area contributed by atoms with Crippen LogP contribution in [0.15, 0.2) is 47.0 Å². The SMILES string of the molecule is O=C(COc1ccc(Cl)c(Cl)c1)NCCNC(=O)c1nc(-c2ccc([N+](=O)[O-])cc2)no1. The summed E-state index contributed by atoms with van der Waals surface area (Å²) < 4.78 is 10.2. The van der Waals surface area contributed by atoms with Gasteiger partial charge in [0.15, 0.2) is 6.61 Å². The van der Waals surface area contributed by atoms with Crippen molar-refractivity contribution >= 4 is 40.7 Å². The maximum Gasteiger partial charge on any atom is 0.316 e. The minimum absolute atomic E-state index is 0.0837. The van der Waals surface area contributed by atoms with Gasteiger partial charge in [-0.05, 0) is 24.3 Å². The molecule has 13 heteroatoms. The molecule has 0 fully saturated rings. The maximum atomic E-state index is 12.1. The van der Waals surface area contributed by atoms with Crippen molar-refractivity contribution in [2.75, 3.05) is 19.7 Å². The molecule has 0 spiro atoms. The number of nitrogens with one attached hydrogen (secondary N) is 2. The molecular weight excluding hydrogens is 465 g/mol. The molecule has 2 aromatic carbocycles. The summed E-state index contributed by atoms with van der Waals surface area (Å²) in [6.07, 6.45) is 0. The van der Waals surface area contributed by atoms with Crippen LogP contribution in [0.4, 0.5) is 5.69 Å². The van der Waals surface area contributed by atoms with Crippen molar-refractivity contribution in [2.24, 2.45) is 0 Å². The summed E-state index contributed by atoms with van der Waals surface area (Å²) in [5.74, 6) is -0.816. The smallest absolute Gasteiger partial charge is 0.316 e. The third-order valence-corrected chi connectivity index (χ3v) is 4.69. The van der Waals surface area contributed by atoms with E-state index in [9.17, 15) is 19.7 Å². The highest BCUT2D eigenvalue weighted by Gasteiger charge is 2.16. The average molecular weight is 480 g/mol. The Labute approximate surface area is 190 Å². The summed E-state index contributed by atoms with van der Waals surface area (Å²) in [5, 5.41) is 20.2. The van der Waals surface area contributed by atoms with Gasteiger partial charge in [0.1, 0.15) is 5.75 Å². The molecule has 0 aliphatic heterocycles. The Hall–Kier alpha value is -3.70. The van der Waals surface area contributed by atoms with E-state index in [-0.39, 0.29) is 37.1 Å². The first kappa shape index (κ1) is 23.0. The van der Waals surface area contributed by atoms with E-state index in [1.807, 2.05) is 0 Å². The zero-order valence-corrected chi connectivity index (χ0v) is 17.7. The predicted molar refractivity (Wildman–Crippen MR) is 114 cm³/mol. The first-order valence-electron chi connectivity index (χ1n) is 9.05. The Kier molecular flexibility index (Phi) is 7.58. The number of benzene rings is 2. The molecule has 0 aliphatic rings. The number of nitro benzene ring substituents is 1. The standard InChI is InChI=1S/C19H15Cl2N5O6/c20-14-6-5-13(9-15(14)21)31-10-16(27)22-7-8-23-18(28)19-24-17(25-32-19)11-1-3-12(4-2-11)26(29)30/h1-6,9H,7-8,10H2,(H,22,27)(H,23,28). The molecule has 0 radical (unpaired) electrons. The van der Waals surface area contributed by atoms with E-state index in [2.05, 4.69) is 20.8 Å². The van der Waals surface area contributed by atoms with Crippen LogP contribution in [0.5, 0.6) is 5.75 Å². The molecule has 1 aromatic heterocycles. The molecular formula is C19H15Cl2N5O6. The molecule has 0 aliphatic carbocycles. The summed E-state index contributed by atoms with van der Waals surface area (Å²) in [7, 11) is 0. The molecule has 32 heavy (non-hydrogen) atoms. The summed E-state index contributed by atoms with van der Waals surface area (Å²) in [6.45, 7) is -0.000585. The van der Waals surface area contributed by atoms with Crippen molar-refractivity contribution in [1.82, 2.24) is 20.8 Å². The predicted octanol–water partition coefficient (Wildman–Crippen LogP) is 2.88. The van der Waals surface area contributed by atoms with Gasteiger partial charge in [-0.25, -0.2) is 0 Å². The zero-order chi connectivity index (χ0) is 23.1. The molecule has 166 valence electrons. The number of hydrogen-bond acceptors (Lipinski definition) is 8. The molecule has 0 unspecified atom stereocenters. The van der Waals surface area contributed by atoms with Crippen LogP contribution in [0.25, 0.3) is 11.4 Å². The van der Waals surface area contributed by atoms with E-state index in [0.29, 0.717) is 21.4 Å². The van der Waals surface area contributed by atoms with E-state index in [0.717, 1.165) is 0 Å². The highest BCUT2D eigenvalue weighted by atomic mass is 35.5. The highest BCUT2D eigenvalue weighted by molar-refractivity contribution is 6.42. The van der Waals surface area contributed by atoms with Crippen LogP contribution >= 0.6 is 23.2 Å². The second-order valence-electron chi connectivity index (χ2n) is 6.20. The van der Waals surface area contributed by atoms with E-state index < -0.39 is 16.7 Å². The molecule has 0 atom stereocenters. The van der Waals surface area contributed by atoms with Gasteiger partial charge >= 0.3 is 11.8 Å². The van der Waals surface area contributed by atoms with Crippen molar-refractivity contribution in [1.29, 1.82) is 0 Å². The molecule has 2 amide bonds. The fraction of sp³-hybridized carbons (Fsp3) is 0.158.